The van der Waals surface area contributed by atoms with E-state index in [1.165, 1.54) is 12.1 Å². The van der Waals surface area contributed by atoms with Crippen LogP contribution in [0.15, 0.2) is 22.6 Å². The lowest BCUT2D eigenvalue weighted by molar-refractivity contribution is 0.511. The Bertz CT molecular complexity index is 424. The molecule has 4 heteroatoms. The Morgan fingerprint density at radius 3 is 3.15 bits per heavy atom. The van der Waals surface area contributed by atoms with E-state index in [2.05, 4.69) is 10.3 Å². The first-order chi connectivity index (χ1) is 6.29. The molecule has 0 bridgehead atoms. The van der Waals surface area contributed by atoms with Crippen molar-refractivity contribution in [3.63, 3.8) is 0 Å². The second-order valence-corrected chi connectivity index (χ2v) is 2.75. The fraction of sp³-hybridized carbons (Fsp3) is 0.222. The van der Waals surface area contributed by atoms with E-state index in [1.54, 1.807) is 13.1 Å². The van der Waals surface area contributed by atoms with Crippen LogP contribution < -0.4 is 5.32 Å². The van der Waals surface area contributed by atoms with Crippen molar-refractivity contribution < 1.29 is 8.81 Å². The summed E-state index contributed by atoms with van der Waals surface area (Å²) in [5, 5.41) is 2.91. The van der Waals surface area contributed by atoms with E-state index in [4.69, 9.17) is 4.42 Å². The first-order valence-electron chi connectivity index (χ1n) is 3.99. The molecule has 0 saturated carbocycles. The molecule has 0 atom stereocenters. The van der Waals surface area contributed by atoms with Gasteiger partial charge in [0.05, 0.1) is 6.54 Å². The van der Waals surface area contributed by atoms with Crippen LogP contribution in [0.2, 0.25) is 0 Å². The summed E-state index contributed by atoms with van der Waals surface area (Å²) in [6.07, 6.45) is 0. The van der Waals surface area contributed by atoms with Crippen LogP contribution in [0.25, 0.3) is 11.1 Å². The predicted molar refractivity (Wildman–Crippen MR) is 46.7 cm³/mol. The van der Waals surface area contributed by atoms with E-state index in [0.29, 0.717) is 23.5 Å². The lowest BCUT2D eigenvalue weighted by Crippen LogP contribution is -2.04. The van der Waals surface area contributed by atoms with Crippen LogP contribution in [0.5, 0.6) is 0 Å². The highest BCUT2D eigenvalue weighted by atomic mass is 19.1. The maximum Gasteiger partial charge on any atom is 0.209 e. The fourth-order valence-electron chi connectivity index (χ4n) is 1.18. The average molecular weight is 180 g/mol. The van der Waals surface area contributed by atoms with Gasteiger partial charge in [0.15, 0.2) is 5.58 Å². The molecule has 0 aliphatic carbocycles. The molecule has 68 valence electrons. The van der Waals surface area contributed by atoms with Crippen molar-refractivity contribution in [1.82, 2.24) is 10.3 Å². The molecule has 3 nitrogen and oxygen atoms in total. The summed E-state index contributed by atoms with van der Waals surface area (Å²) in [5.74, 6) is 0.278. The minimum Gasteiger partial charge on any atom is -0.439 e. The van der Waals surface area contributed by atoms with Crippen LogP contribution in [-0.2, 0) is 6.54 Å². The topological polar surface area (TPSA) is 38.1 Å². The standard InChI is InChI=1S/C9H9FN2O/c1-11-5-9-12-7-4-6(10)2-3-8(7)13-9/h2-4,11H,5H2,1H3. The number of aromatic nitrogens is 1. The first kappa shape index (κ1) is 8.19. The number of benzene rings is 1. The quantitative estimate of drug-likeness (QED) is 0.764. The number of oxazole rings is 1. The van der Waals surface area contributed by atoms with Gasteiger partial charge in [-0.15, -0.1) is 0 Å². The zero-order chi connectivity index (χ0) is 9.26. The molecule has 0 aliphatic rings. The molecule has 0 aliphatic heterocycles. The van der Waals surface area contributed by atoms with Crippen molar-refractivity contribution in [2.24, 2.45) is 0 Å². The van der Waals surface area contributed by atoms with Crippen molar-refractivity contribution in [1.29, 1.82) is 0 Å². The van der Waals surface area contributed by atoms with Gasteiger partial charge in [0.1, 0.15) is 11.3 Å². The monoisotopic (exact) mass is 180 g/mol. The highest BCUT2D eigenvalue weighted by Gasteiger charge is 2.04. The van der Waals surface area contributed by atoms with Crippen LogP contribution in [0.4, 0.5) is 4.39 Å². The smallest absolute Gasteiger partial charge is 0.209 e. The summed E-state index contributed by atoms with van der Waals surface area (Å²) in [5.41, 5.74) is 1.18. The first-order valence-corrected chi connectivity index (χ1v) is 3.99. The number of halogens is 1. The molecule has 0 radical (unpaired) electrons. The molecule has 1 N–H and O–H groups in total. The molecule has 2 aromatic rings. The van der Waals surface area contributed by atoms with E-state index in [1.807, 2.05) is 0 Å². The number of fused-ring (bicyclic) bond motifs is 1. The summed E-state index contributed by atoms with van der Waals surface area (Å²) in [6, 6.07) is 4.30. The summed E-state index contributed by atoms with van der Waals surface area (Å²) in [4.78, 5) is 4.09. The summed E-state index contributed by atoms with van der Waals surface area (Å²) in [7, 11) is 1.80. The second kappa shape index (κ2) is 3.14. The average Bonchev–Trinajstić information content (AvgIpc) is 2.46. The molecule has 0 fully saturated rings. The van der Waals surface area contributed by atoms with Crippen LogP contribution in [0.3, 0.4) is 0 Å². The normalized spacial score (nSPS) is 10.9. The SMILES string of the molecule is CNCc1nc2cc(F)ccc2o1. The zero-order valence-electron chi connectivity index (χ0n) is 7.17. The van der Waals surface area contributed by atoms with E-state index >= 15 is 0 Å². The Morgan fingerprint density at radius 2 is 2.38 bits per heavy atom. The Labute approximate surface area is 74.6 Å². The van der Waals surface area contributed by atoms with Crippen LogP contribution in [0, 0.1) is 5.82 Å². The van der Waals surface area contributed by atoms with Gasteiger partial charge in [0.25, 0.3) is 0 Å². The molecule has 0 unspecified atom stereocenters. The van der Waals surface area contributed by atoms with E-state index in [-0.39, 0.29) is 5.82 Å². The third-order valence-electron chi connectivity index (χ3n) is 1.72. The molecule has 0 amide bonds. The van der Waals surface area contributed by atoms with Crippen molar-refractivity contribution in [2.45, 2.75) is 6.54 Å². The molecule has 1 heterocycles. The van der Waals surface area contributed by atoms with E-state index < -0.39 is 0 Å². The number of nitrogens with one attached hydrogen (secondary N) is 1. The second-order valence-electron chi connectivity index (χ2n) is 2.75. The molecule has 0 saturated heterocycles. The maximum absolute atomic E-state index is 12.7. The minimum atomic E-state index is -0.295. The maximum atomic E-state index is 12.7. The highest BCUT2D eigenvalue weighted by Crippen LogP contribution is 2.16. The zero-order valence-corrected chi connectivity index (χ0v) is 7.17. The van der Waals surface area contributed by atoms with Gasteiger partial charge >= 0.3 is 0 Å². The van der Waals surface area contributed by atoms with Gasteiger partial charge in [-0.05, 0) is 19.2 Å². The number of nitrogens with zero attached hydrogens (tertiary/aromatic N) is 1. The third kappa shape index (κ3) is 1.53. The molecular formula is C9H9FN2O. The van der Waals surface area contributed by atoms with Gasteiger partial charge in [-0.1, -0.05) is 0 Å². The number of hydrogen-bond acceptors (Lipinski definition) is 3. The lowest BCUT2D eigenvalue weighted by Gasteiger charge is -1.88. The van der Waals surface area contributed by atoms with Crippen molar-refractivity contribution in [2.75, 3.05) is 7.05 Å². The van der Waals surface area contributed by atoms with Crippen LogP contribution in [0.1, 0.15) is 5.89 Å². The molecule has 1 aromatic heterocycles. The Morgan fingerprint density at radius 1 is 1.54 bits per heavy atom. The van der Waals surface area contributed by atoms with Crippen LogP contribution in [-0.4, -0.2) is 12.0 Å². The molecular weight excluding hydrogens is 171 g/mol. The molecule has 1 aromatic carbocycles. The van der Waals surface area contributed by atoms with Gasteiger partial charge in [0, 0.05) is 6.07 Å². The largest absolute Gasteiger partial charge is 0.439 e. The Hall–Kier alpha value is -1.42. The van der Waals surface area contributed by atoms with Crippen molar-refractivity contribution >= 4 is 11.1 Å². The summed E-state index contributed by atoms with van der Waals surface area (Å²) >= 11 is 0. The predicted octanol–water partition coefficient (Wildman–Crippen LogP) is 1.69. The Balaban J connectivity index is 2.49. The summed E-state index contributed by atoms with van der Waals surface area (Å²) < 4.78 is 18.1. The van der Waals surface area contributed by atoms with Crippen molar-refractivity contribution in [3.05, 3.63) is 29.9 Å². The van der Waals surface area contributed by atoms with Gasteiger partial charge in [-0.2, -0.15) is 0 Å². The van der Waals surface area contributed by atoms with Gasteiger partial charge < -0.3 is 9.73 Å². The lowest BCUT2D eigenvalue weighted by atomic mass is 10.3. The van der Waals surface area contributed by atoms with Gasteiger partial charge in [-0.25, -0.2) is 9.37 Å². The van der Waals surface area contributed by atoms with E-state index in [0.717, 1.165) is 0 Å². The van der Waals surface area contributed by atoms with Crippen LogP contribution >= 0.6 is 0 Å². The molecule has 0 spiro atoms. The number of rotatable bonds is 2. The molecule has 2 rings (SSSR count). The molecule has 13 heavy (non-hydrogen) atoms. The number of hydrogen-bond donors (Lipinski definition) is 1. The summed E-state index contributed by atoms with van der Waals surface area (Å²) in [6.45, 7) is 0.552. The highest BCUT2D eigenvalue weighted by molar-refractivity contribution is 5.72. The fourth-order valence-corrected chi connectivity index (χ4v) is 1.18. The Kier molecular flexibility index (Phi) is 1.98. The minimum absolute atomic E-state index is 0.295. The van der Waals surface area contributed by atoms with Gasteiger partial charge in [-0.3, -0.25) is 0 Å². The van der Waals surface area contributed by atoms with E-state index in [9.17, 15) is 4.39 Å². The third-order valence-corrected chi connectivity index (χ3v) is 1.72. The van der Waals surface area contributed by atoms with Gasteiger partial charge in [0.2, 0.25) is 5.89 Å². The van der Waals surface area contributed by atoms with Crippen molar-refractivity contribution in [3.8, 4) is 0 Å².